The Kier molecular flexibility index (Phi) is 4.54. The summed E-state index contributed by atoms with van der Waals surface area (Å²) in [5, 5.41) is 6.20. The Morgan fingerprint density at radius 2 is 2.20 bits per heavy atom. The molecule has 2 N–H and O–H groups in total. The summed E-state index contributed by atoms with van der Waals surface area (Å²) in [6.07, 6.45) is 2.11. The van der Waals surface area contributed by atoms with E-state index >= 15 is 0 Å². The summed E-state index contributed by atoms with van der Waals surface area (Å²) in [5.41, 5.74) is 1.16. The van der Waals surface area contributed by atoms with E-state index < -0.39 is 0 Å². The molecular formula is C14H18FN3OS. The Balaban J connectivity index is 1.86. The number of hydrogen-bond acceptors (Lipinski definition) is 2. The second-order valence-electron chi connectivity index (χ2n) is 5.09. The normalized spacial score (nSPS) is 13.8. The lowest BCUT2D eigenvalue weighted by Crippen LogP contribution is -2.40. The first-order valence-corrected chi connectivity index (χ1v) is 6.94. The molecule has 0 aromatic heterocycles. The molecule has 1 aromatic carbocycles. The van der Waals surface area contributed by atoms with Gasteiger partial charge in [0.1, 0.15) is 5.82 Å². The highest BCUT2D eigenvalue weighted by Crippen LogP contribution is 2.18. The van der Waals surface area contributed by atoms with Crippen molar-refractivity contribution >= 4 is 28.9 Å². The lowest BCUT2D eigenvalue weighted by molar-refractivity contribution is -0.121. The van der Waals surface area contributed by atoms with Gasteiger partial charge < -0.3 is 15.5 Å². The van der Waals surface area contributed by atoms with Crippen molar-refractivity contribution in [3.8, 4) is 0 Å². The molecule has 6 heteroatoms. The van der Waals surface area contributed by atoms with Crippen LogP contribution in [0.5, 0.6) is 0 Å². The molecular weight excluding hydrogens is 277 g/mol. The third-order valence-corrected chi connectivity index (χ3v) is 3.51. The summed E-state index contributed by atoms with van der Waals surface area (Å²) in [4.78, 5) is 13.3. The molecule has 1 saturated carbocycles. The molecule has 1 aliphatic carbocycles. The highest BCUT2D eigenvalue weighted by atomic mass is 32.1. The molecule has 0 spiro atoms. The molecule has 1 aromatic rings. The van der Waals surface area contributed by atoms with Gasteiger partial charge >= 0.3 is 0 Å². The molecule has 0 saturated heterocycles. The molecule has 0 aliphatic heterocycles. The highest BCUT2D eigenvalue weighted by Gasteiger charge is 2.23. The number of anilines is 1. The Labute approximate surface area is 123 Å². The number of rotatable bonds is 4. The summed E-state index contributed by atoms with van der Waals surface area (Å²) < 4.78 is 13.4. The van der Waals surface area contributed by atoms with Gasteiger partial charge in [-0.05, 0) is 49.7 Å². The molecule has 2 rings (SSSR count). The van der Waals surface area contributed by atoms with Crippen LogP contribution in [0.1, 0.15) is 18.4 Å². The van der Waals surface area contributed by atoms with Gasteiger partial charge in [0.25, 0.3) is 0 Å². The molecule has 1 fully saturated rings. The highest BCUT2D eigenvalue weighted by molar-refractivity contribution is 7.80. The van der Waals surface area contributed by atoms with E-state index in [1.54, 1.807) is 31.0 Å². The monoisotopic (exact) mass is 295 g/mol. The number of benzene rings is 1. The molecule has 0 atom stereocenters. The van der Waals surface area contributed by atoms with E-state index in [0.29, 0.717) is 22.4 Å². The number of nitrogens with zero attached hydrogens (tertiary/aromatic N) is 1. The van der Waals surface area contributed by atoms with Gasteiger partial charge in [-0.15, -0.1) is 0 Å². The fourth-order valence-corrected chi connectivity index (χ4v) is 1.86. The van der Waals surface area contributed by atoms with E-state index in [1.165, 1.54) is 6.07 Å². The van der Waals surface area contributed by atoms with Crippen LogP contribution in [0, 0.1) is 12.7 Å². The molecule has 108 valence electrons. The molecule has 20 heavy (non-hydrogen) atoms. The van der Waals surface area contributed by atoms with Crippen molar-refractivity contribution in [1.82, 2.24) is 10.2 Å². The maximum atomic E-state index is 13.4. The van der Waals surface area contributed by atoms with Crippen LogP contribution >= 0.6 is 12.2 Å². The van der Waals surface area contributed by atoms with E-state index in [0.717, 1.165) is 12.8 Å². The summed E-state index contributed by atoms with van der Waals surface area (Å²) in [7, 11) is 1.73. The van der Waals surface area contributed by atoms with Crippen LogP contribution in [-0.4, -0.2) is 35.6 Å². The summed E-state index contributed by atoms with van der Waals surface area (Å²) in [6, 6.07) is 5.16. The van der Waals surface area contributed by atoms with Crippen molar-refractivity contribution in [3.05, 3.63) is 29.6 Å². The number of nitrogens with one attached hydrogen (secondary N) is 2. The van der Waals surface area contributed by atoms with E-state index in [-0.39, 0.29) is 18.3 Å². The number of likely N-dealkylation sites (N-methyl/N-ethyl adjacent to an activating group) is 1. The van der Waals surface area contributed by atoms with Crippen molar-refractivity contribution in [2.24, 2.45) is 0 Å². The zero-order valence-corrected chi connectivity index (χ0v) is 12.4. The number of thiocarbonyl (C=S) groups is 1. The number of carbonyl (C=O) groups is 1. The van der Waals surface area contributed by atoms with Gasteiger partial charge in [0, 0.05) is 18.8 Å². The summed E-state index contributed by atoms with van der Waals surface area (Å²) in [6.45, 7) is 1.89. The standard InChI is InChI=1S/C14H18FN3OS/c1-9-3-4-11(7-12(9)15)17-14(20)18(2)8-13(19)16-10-5-6-10/h3-4,7,10H,5-6,8H2,1-2H3,(H,16,19)(H,17,20). The maximum absolute atomic E-state index is 13.4. The van der Waals surface area contributed by atoms with Crippen LogP contribution in [0.3, 0.4) is 0 Å². The smallest absolute Gasteiger partial charge is 0.239 e. The maximum Gasteiger partial charge on any atom is 0.239 e. The van der Waals surface area contributed by atoms with Gasteiger partial charge in [-0.2, -0.15) is 0 Å². The topological polar surface area (TPSA) is 44.4 Å². The first kappa shape index (κ1) is 14.7. The van der Waals surface area contributed by atoms with Crippen LogP contribution in [0.15, 0.2) is 18.2 Å². The minimum absolute atomic E-state index is 0.0470. The van der Waals surface area contributed by atoms with Crippen molar-refractivity contribution in [2.45, 2.75) is 25.8 Å². The quantitative estimate of drug-likeness (QED) is 0.835. The molecule has 4 nitrogen and oxygen atoms in total. The van der Waals surface area contributed by atoms with Crippen LogP contribution in [0.4, 0.5) is 10.1 Å². The van der Waals surface area contributed by atoms with E-state index in [1.807, 2.05) is 0 Å². The Hall–Kier alpha value is -1.69. The average Bonchev–Trinajstić information content (AvgIpc) is 3.17. The van der Waals surface area contributed by atoms with Crippen LogP contribution < -0.4 is 10.6 Å². The SMILES string of the molecule is Cc1ccc(NC(=S)N(C)CC(=O)NC2CC2)cc1F. The molecule has 0 heterocycles. The third-order valence-electron chi connectivity index (χ3n) is 3.09. The second kappa shape index (κ2) is 6.17. The lowest BCUT2D eigenvalue weighted by atomic mass is 10.2. The molecule has 0 radical (unpaired) electrons. The predicted molar refractivity (Wildman–Crippen MR) is 81.2 cm³/mol. The van der Waals surface area contributed by atoms with Gasteiger partial charge in [0.05, 0.1) is 6.54 Å². The van der Waals surface area contributed by atoms with Crippen LogP contribution in [0.2, 0.25) is 0 Å². The largest absolute Gasteiger partial charge is 0.352 e. The fourth-order valence-electron chi connectivity index (χ4n) is 1.68. The third kappa shape index (κ3) is 4.16. The average molecular weight is 295 g/mol. The van der Waals surface area contributed by atoms with Crippen molar-refractivity contribution in [2.75, 3.05) is 18.9 Å². The predicted octanol–water partition coefficient (Wildman–Crippen LogP) is 2.04. The Morgan fingerprint density at radius 3 is 2.80 bits per heavy atom. The lowest BCUT2D eigenvalue weighted by Gasteiger charge is -2.20. The molecule has 0 bridgehead atoms. The van der Waals surface area contributed by atoms with Gasteiger partial charge in [-0.25, -0.2) is 4.39 Å². The van der Waals surface area contributed by atoms with E-state index in [4.69, 9.17) is 12.2 Å². The second-order valence-corrected chi connectivity index (χ2v) is 5.48. The van der Waals surface area contributed by atoms with E-state index in [9.17, 15) is 9.18 Å². The van der Waals surface area contributed by atoms with Crippen molar-refractivity contribution < 1.29 is 9.18 Å². The number of halogens is 1. The minimum atomic E-state index is -0.285. The van der Waals surface area contributed by atoms with Crippen LogP contribution in [0.25, 0.3) is 0 Å². The fraction of sp³-hybridized carbons (Fsp3) is 0.429. The van der Waals surface area contributed by atoms with Gasteiger partial charge in [0.2, 0.25) is 5.91 Å². The number of hydrogen-bond donors (Lipinski definition) is 2. The zero-order chi connectivity index (χ0) is 14.7. The first-order valence-electron chi connectivity index (χ1n) is 6.53. The van der Waals surface area contributed by atoms with Gasteiger partial charge in [0.15, 0.2) is 5.11 Å². The zero-order valence-electron chi connectivity index (χ0n) is 11.6. The van der Waals surface area contributed by atoms with Crippen molar-refractivity contribution in [1.29, 1.82) is 0 Å². The Morgan fingerprint density at radius 1 is 1.50 bits per heavy atom. The number of carbonyl (C=O) groups excluding carboxylic acids is 1. The molecule has 1 aliphatic rings. The number of amides is 1. The summed E-state index contributed by atoms with van der Waals surface area (Å²) in [5.74, 6) is -0.332. The van der Waals surface area contributed by atoms with E-state index in [2.05, 4.69) is 10.6 Å². The van der Waals surface area contributed by atoms with Gasteiger partial charge in [-0.3, -0.25) is 4.79 Å². The summed E-state index contributed by atoms with van der Waals surface area (Å²) >= 11 is 5.19. The van der Waals surface area contributed by atoms with Crippen molar-refractivity contribution in [3.63, 3.8) is 0 Å². The minimum Gasteiger partial charge on any atom is -0.352 e. The number of aryl methyl sites for hydroxylation is 1. The first-order chi connectivity index (χ1) is 9.45. The van der Waals surface area contributed by atoms with Gasteiger partial charge in [-0.1, -0.05) is 6.07 Å². The Bertz CT molecular complexity index is 531. The molecule has 1 amide bonds. The van der Waals surface area contributed by atoms with Crippen LogP contribution in [-0.2, 0) is 4.79 Å². The molecule has 0 unspecified atom stereocenters.